The molecule has 0 atom stereocenters. The van der Waals surface area contributed by atoms with Crippen LogP contribution in [0, 0.1) is 5.75 Å². The Kier molecular flexibility index (Phi) is 5.15. The molecule has 0 aliphatic heterocycles. The van der Waals surface area contributed by atoms with Crippen LogP contribution >= 0.6 is 11.8 Å². The van der Waals surface area contributed by atoms with Crippen LogP contribution < -0.4 is 0 Å². The monoisotopic (exact) mass is 269 g/mol. The zero-order chi connectivity index (χ0) is 13.0. The van der Waals surface area contributed by atoms with E-state index < -0.39 is 24.1 Å². The van der Waals surface area contributed by atoms with Crippen LogP contribution in [0.15, 0.2) is 12.2 Å². The maximum absolute atomic E-state index is 12.5. The van der Waals surface area contributed by atoms with Gasteiger partial charge in [-0.25, -0.2) is 0 Å². The average molecular weight is 269 g/mol. The fourth-order valence-electron chi connectivity index (χ4n) is 0.642. The molecule has 0 aromatic rings. The number of hydrogen-bond donors (Lipinski definition) is 0. The number of hydrogen-bond acceptors (Lipinski definition) is 1. The molecule has 0 aliphatic carbocycles. The zero-order valence-corrected chi connectivity index (χ0v) is 8.81. The van der Waals surface area contributed by atoms with Crippen LogP contribution in [0.25, 0.3) is 0 Å². The van der Waals surface area contributed by atoms with E-state index in [1.54, 1.807) is 6.92 Å². The second-order valence-corrected chi connectivity index (χ2v) is 3.80. The van der Waals surface area contributed by atoms with Gasteiger partial charge in [-0.2, -0.15) is 42.5 Å². The minimum absolute atomic E-state index is 0.0972. The lowest BCUT2D eigenvalue weighted by atomic mass is 10.1. The molecule has 0 unspecified atom stereocenters. The molecule has 0 aliphatic rings. The Morgan fingerprint density at radius 1 is 1.00 bits per heavy atom. The van der Waals surface area contributed by atoms with Crippen LogP contribution in [0.1, 0.15) is 6.92 Å². The molecule has 0 fully saturated rings. The van der Waals surface area contributed by atoms with E-state index in [0.717, 1.165) is 11.8 Å². The SMILES string of the molecule is C[CH]SC/C=C/C(F)(F)C(F)(F)C(F)(F)F. The van der Waals surface area contributed by atoms with E-state index in [9.17, 15) is 30.7 Å². The van der Waals surface area contributed by atoms with Crippen LogP contribution in [-0.4, -0.2) is 23.8 Å². The molecule has 0 saturated carbocycles. The second kappa shape index (κ2) is 5.29. The Morgan fingerprint density at radius 2 is 1.50 bits per heavy atom. The van der Waals surface area contributed by atoms with Gasteiger partial charge in [0.05, 0.1) is 0 Å². The average Bonchev–Trinajstić information content (AvgIpc) is 2.10. The molecule has 0 nitrogen and oxygen atoms in total. The summed E-state index contributed by atoms with van der Waals surface area (Å²) in [5, 5.41) is 0. The minimum Gasteiger partial charge on any atom is -0.195 e. The molecule has 0 aromatic heterocycles. The Hall–Kier alpha value is -0.400. The van der Waals surface area contributed by atoms with E-state index in [0.29, 0.717) is 6.08 Å². The Balaban J connectivity index is 4.71. The summed E-state index contributed by atoms with van der Waals surface area (Å²) in [4.78, 5) is 0. The fraction of sp³-hybridized carbons (Fsp3) is 0.625. The molecule has 8 heteroatoms. The van der Waals surface area contributed by atoms with Gasteiger partial charge >= 0.3 is 18.0 Å². The standard InChI is InChI=1S/C8H8F7S/c1-2-16-5-3-4-6(9,10)7(11,12)8(13,14)15/h2-4H,5H2,1H3/b4-3+. The third kappa shape index (κ3) is 3.57. The van der Waals surface area contributed by atoms with E-state index in [1.807, 2.05) is 0 Å². The van der Waals surface area contributed by atoms with Gasteiger partial charge in [0.2, 0.25) is 0 Å². The summed E-state index contributed by atoms with van der Waals surface area (Å²) in [5.41, 5.74) is 0. The van der Waals surface area contributed by atoms with E-state index >= 15 is 0 Å². The third-order valence-electron chi connectivity index (χ3n) is 1.46. The van der Waals surface area contributed by atoms with Crippen molar-refractivity contribution in [2.45, 2.75) is 24.9 Å². The molecule has 0 amide bonds. The van der Waals surface area contributed by atoms with Crippen LogP contribution in [0.5, 0.6) is 0 Å². The highest BCUT2D eigenvalue weighted by molar-refractivity contribution is 8.01. The summed E-state index contributed by atoms with van der Waals surface area (Å²) < 4.78 is 84.5. The number of halogens is 7. The normalized spacial score (nSPS) is 14.8. The highest BCUT2D eigenvalue weighted by Crippen LogP contribution is 2.47. The van der Waals surface area contributed by atoms with Gasteiger partial charge in [0.1, 0.15) is 0 Å². The first-order valence-electron chi connectivity index (χ1n) is 3.95. The van der Waals surface area contributed by atoms with Crippen LogP contribution in [0.3, 0.4) is 0 Å². The molecule has 95 valence electrons. The van der Waals surface area contributed by atoms with Gasteiger partial charge in [0, 0.05) is 11.5 Å². The molecule has 0 N–H and O–H groups in total. The largest absolute Gasteiger partial charge is 0.460 e. The molecule has 0 saturated heterocycles. The molecule has 0 spiro atoms. The summed E-state index contributed by atoms with van der Waals surface area (Å²) in [6.45, 7) is 1.57. The quantitative estimate of drug-likeness (QED) is 0.407. The summed E-state index contributed by atoms with van der Waals surface area (Å²) in [6.07, 6.45) is -6.12. The van der Waals surface area contributed by atoms with Gasteiger partial charge in [-0.15, -0.1) is 0 Å². The molecule has 0 aromatic carbocycles. The fourth-order valence-corrected chi connectivity index (χ4v) is 1.04. The van der Waals surface area contributed by atoms with Crippen molar-refractivity contribution in [2.75, 3.05) is 5.75 Å². The lowest BCUT2D eigenvalue weighted by molar-refractivity contribution is -0.341. The van der Waals surface area contributed by atoms with Gasteiger partial charge in [0.25, 0.3) is 0 Å². The van der Waals surface area contributed by atoms with Crippen molar-refractivity contribution in [3.05, 3.63) is 17.9 Å². The van der Waals surface area contributed by atoms with Crippen molar-refractivity contribution in [3.63, 3.8) is 0 Å². The van der Waals surface area contributed by atoms with E-state index in [-0.39, 0.29) is 5.75 Å². The van der Waals surface area contributed by atoms with E-state index in [4.69, 9.17) is 0 Å². The van der Waals surface area contributed by atoms with Crippen molar-refractivity contribution in [1.82, 2.24) is 0 Å². The first-order valence-corrected chi connectivity index (χ1v) is 5.00. The molecule has 16 heavy (non-hydrogen) atoms. The summed E-state index contributed by atoms with van der Waals surface area (Å²) in [5.74, 6) is -9.90. The minimum atomic E-state index is -6.27. The topological polar surface area (TPSA) is 0 Å². The van der Waals surface area contributed by atoms with Gasteiger partial charge in [0.15, 0.2) is 0 Å². The third-order valence-corrected chi connectivity index (χ3v) is 2.18. The highest BCUT2D eigenvalue weighted by Gasteiger charge is 2.71. The predicted molar refractivity (Wildman–Crippen MR) is 47.5 cm³/mol. The maximum Gasteiger partial charge on any atom is 0.460 e. The number of thioether (sulfide) groups is 1. The van der Waals surface area contributed by atoms with Crippen molar-refractivity contribution in [1.29, 1.82) is 0 Å². The lowest BCUT2D eigenvalue weighted by Gasteiger charge is -2.25. The first-order chi connectivity index (χ1) is 7.06. The lowest BCUT2D eigenvalue weighted by Crippen LogP contribution is -2.50. The van der Waals surface area contributed by atoms with Crippen molar-refractivity contribution in [2.24, 2.45) is 0 Å². The van der Waals surface area contributed by atoms with E-state index in [1.165, 1.54) is 5.75 Å². The van der Waals surface area contributed by atoms with Crippen LogP contribution in [0.2, 0.25) is 0 Å². The van der Waals surface area contributed by atoms with Crippen molar-refractivity contribution < 1.29 is 30.7 Å². The summed E-state index contributed by atoms with van der Waals surface area (Å²) >= 11 is 0.996. The summed E-state index contributed by atoms with van der Waals surface area (Å²) in [6, 6.07) is 0. The summed E-state index contributed by atoms with van der Waals surface area (Å²) in [7, 11) is 0. The Bertz CT molecular complexity index is 243. The molecule has 0 rings (SSSR count). The van der Waals surface area contributed by atoms with Crippen LogP contribution in [-0.2, 0) is 0 Å². The highest BCUT2D eigenvalue weighted by atomic mass is 32.2. The van der Waals surface area contributed by atoms with Gasteiger partial charge < -0.3 is 0 Å². The maximum atomic E-state index is 12.5. The number of allylic oxidation sites excluding steroid dienone is 1. The number of alkyl halides is 7. The molecule has 0 bridgehead atoms. The second-order valence-electron chi connectivity index (χ2n) is 2.67. The van der Waals surface area contributed by atoms with Gasteiger partial charge in [-0.3, -0.25) is 0 Å². The molecular formula is C8H8F7S. The number of rotatable bonds is 5. The molecular weight excluding hydrogens is 261 g/mol. The van der Waals surface area contributed by atoms with Crippen molar-refractivity contribution >= 4 is 11.8 Å². The van der Waals surface area contributed by atoms with Crippen LogP contribution in [0.4, 0.5) is 30.7 Å². The van der Waals surface area contributed by atoms with Crippen molar-refractivity contribution in [3.8, 4) is 0 Å². The Labute approximate surface area is 91.9 Å². The zero-order valence-electron chi connectivity index (χ0n) is 7.99. The predicted octanol–water partition coefficient (Wildman–Crippen LogP) is 4.29. The van der Waals surface area contributed by atoms with E-state index in [2.05, 4.69) is 0 Å². The smallest absolute Gasteiger partial charge is 0.195 e. The molecule has 1 radical (unpaired) electrons. The molecule has 0 heterocycles. The van der Waals surface area contributed by atoms with Gasteiger partial charge in [-0.05, 0) is 6.08 Å². The first kappa shape index (κ1) is 15.6. The Morgan fingerprint density at radius 3 is 1.88 bits per heavy atom. The van der Waals surface area contributed by atoms with Gasteiger partial charge in [-0.1, -0.05) is 13.0 Å².